The van der Waals surface area contributed by atoms with Crippen LogP contribution in [0.5, 0.6) is 0 Å². The summed E-state index contributed by atoms with van der Waals surface area (Å²) in [6, 6.07) is 0. The lowest BCUT2D eigenvalue weighted by molar-refractivity contribution is -0.573. The number of hydrogen-bond donors (Lipinski definition) is 0. The number of nitrogens with zero attached hydrogens (tertiary/aromatic N) is 1. The van der Waals surface area contributed by atoms with E-state index < -0.39 is 28.5 Å². The molecule has 0 rings (SSSR count). The minimum absolute atomic E-state index is 0.253. The molecule has 0 radical (unpaired) electrons. The highest BCUT2D eigenvalue weighted by atomic mass is 16.6. The molecule has 1 atom stereocenters. The van der Waals surface area contributed by atoms with Gasteiger partial charge in [-0.05, 0) is 19.8 Å². The second-order valence-corrected chi connectivity index (χ2v) is 4.74. The van der Waals surface area contributed by atoms with E-state index in [2.05, 4.69) is 0 Å². The largest absolute Gasteiger partial charge is 0.463 e. The van der Waals surface area contributed by atoms with E-state index in [-0.39, 0.29) is 13.0 Å². The van der Waals surface area contributed by atoms with Crippen LogP contribution in [0.2, 0.25) is 0 Å². The molecule has 114 valence electrons. The Kier molecular flexibility index (Phi) is 7.49. The van der Waals surface area contributed by atoms with Crippen molar-refractivity contribution in [2.75, 3.05) is 6.61 Å². The predicted molar refractivity (Wildman–Crippen MR) is 71.6 cm³/mol. The van der Waals surface area contributed by atoms with Crippen molar-refractivity contribution >= 4 is 11.9 Å². The molecule has 0 aromatic heterocycles. The van der Waals surface area contributed by atoms with Gasteiger partial charge in [-0.3, -0.25) is 14.9 Å². The van der Waals surface area contributed by atoms with Gasteiger partial charge in [0.25, 0.3) is 5.54 Å². The zero-order chi connectivity index (χ0) is 15.8. The zero-order valence-corrected chi connectivity index (χ0v) is 12.3. The predicted octanol–water partition coefficient (Wildman–Crippen LogP) is 1.87. The Balaban J connectivity index is 4.57. The van der Waals surface area contributed by atoms with Crippen LogP contribution in [0.1, 0.15) is 40.5 Å². The summed E-state index contributed by atoms with van der Waals surface area (Å²) in [7, 11) is 0. The Hall–Kier alpha value is -1.92. The first-order valence-electron chi connectivity index (χ1n) is 6.36. The number of carbonyl (C=O) groups excluding carboxylic acids is 2. The van der Waals surface area contributed by atoms with Crippen molar-refractivity contribution < 1.29 is 24.0 Å². The van der Waals surface area contributed by atoms with Crippen molar-refractivity contribution in [1.82, 2.24) is 0 Å². The van der Waals surface area contributed by atoms with E-state index in [1.807, 2.05) is 0 Å². The minimum Gasteiger partial charge on any atom is -0.463 e. The van der Waals surface area contributed by atoms with E-state index in [1.54, 1.807) is 13.0 Å². The maximum atomic E-state index is 11.1. The SMILES string of the molecule is CCOC(=O)/C=C/CCC(OC(C)=O)C(C)(C)[N+](=O)[O-]. The third-order valence-corrected chi connectivity index (χ3v) is 2.70. The molecule has 0 N–H and O–H groups in total. The van der Waals surface area contributed by atoms with Gasteiger partial charge in [-0.2, -0.15) is 0 Å². The Morgan fingerprint density at radius 2 is 2.00 bits per heavy atom. The highest BCUT2D eigenvalue weighted by molar-refractivity contribution is 5.81. The summed E-state index contributed by atoms with van der Waals surface area (Å²) in [6.07, 6.45) is 2.57. The van der Waals surface area contributed by atoms with Crippen LogP contribution in [-0.2, 0) is 19.1 Å². The van der Waals surface area contributed by atoms with Gasteiger partial charge < -0.3 is 9.47 Å². The monoisotopic (exact) mass is 287 g/mol. The van der Waals surface area contributed by atoms with Crippen LogP contribution >= 0.6 is 0 Å². The number of hydrogen-bond acceptors (Lipinski definition) is 6. The van der Waals surface area contributed by atoms with Crippen LogP contribution in [0.3, 0.4) is 0 Å². The molecule has 0 aliphatic rings. The van der Waals surface area contributed by atoms with E-state index in [1.165, 1.54) is 26.8 Å². The first kappa shape index (κ1) is 18.1. The zero-order valence-electron chi connectivity index (χ0n) is 12.3. The molecule has 0 bridgehead atoms. The normalized spacial score (nSPS) is 13.0. The third kappa shape index (κ3) is 6.31. The van der Waals surface area contributed by atoms with Gasteiger partial charge in [-0.25, -0.2) is 4.79 Å². The standard InChI is InChI=1S/C13H21NO6/c1-5-19-12(16)9-7-6-8-11(20-10(2)15)13(3,4)14(17)18/h7,9,11H,5-6,8H2,1-4H3/b9-7+. The maximum absolute atomic E-state index is 11.1. The quantitative estimate of drug-likeness (QED) is 0.293. The second-order valence-electron chi connectivity index (χ2n) is 4.74. The molecule has 0 aliphatic carbocycles. The lowest BCUT2D eigenvalue weighted by Crippen LogP contribution is -2.46. The van der Waals surface area contributed by atoms with Crippen molar-refractivity contribution in [3.63, 3.8) is 0 Å². The first-order valence-corrected chi connectivity index (χ1v) is 6.36. The van der Waals surface area contributed by atoms with E-state index >= 15 is 0 Å². The number of allylic oxidation sites excluding steroid dienone is 1. The number of nitro groups is 1. The lowest BCUT2D eigenvalue weighted by atomic mass is 9.94. The van der Waals surface area contributed by atoms with Crippen molar-refractivity contribution in [2.45, 2.75) is 52.2 Å². The van der Waals surface area contributed by atoms with Gasteiger partial charge in [-0.1, -0.05) is 6.08 Å². The van der Waals surface area contributed by atoms with Crippen molar-refractivity contribution in [3.8, 4) is 0 Å². The molecule has 0 fully saturated rings. The van der Waals surface area contributed by atoms with Gasteiger partial charge in [-0.15, -0.1) is 0 Å². The lowest BCUT2D eigenvalue weighted by Gasteiger charge is -2.25. The highest BCUT2D eigenvalue weighted by Crippen LogP contribution is 2.21. The molecule has 7 nitrogen and oxygen atoms in total. The van der Waals surface area contributed by atoms with E-state index in [4.69, 9.17) is 9.47 Å². The average Bonchev–Trinajstić information content (AvgIpc) is 2.32. The third-order valence-electron chi connectivity index (χ3n) is 2.70. The number of esters is 2. The molecule has 0 aliphatic heterocycles. The summed E-state index contributed by atoms with van der Waals surface area (Å²) in [5, 5.41) is 11.0. The molecule has 0 spiro atoms. The highest BCUT2D eigenvalue weighted by Gasteiger charge is 2.42. The van der Waals surface area contributed by atoms with Crippen LogP contribution in [-0.4, -0.2) is 35.1 Å². The van der Waals surface area contributed by atoms with Gasteiger partial charge in [0, 0.05) is 31.8 Å². The summed E-state index contributed by atoms with van der Waals surface area (Å²) in [6.45, 7) is 5.98. The van der Waals surface area contributed by atoms with Crippen LogP contribution in [0.4, 0.5) is 0 Å². The first-order chi connectivity index (χ1) is 9.21. The number of carbonyl (C=O) groups is 2. The molecular weight excluding hydrogens is 266 g/mol. The number of ether oxygens (including phenoxy) is 2. The van der Waals surface area contributed by atoms with E-state index in [0.29, 0.717) is 6.42 Å². The molecule has 1 unspecified atom stereocenters. The molecule has 0 aromatic rings. The smallest absolute Gasteiger partial charge is 0.330 e. The summed E-state index contributed by atoms with van der Waals surface area (Å²) < 4.78 is 9.70. The molecule has 7 heteroatoms. The second kappa shape index (κ2) is 8.29. The van der Waals surface area contributed by atoms with Crippen LogP contribution in [0.15, 0.2) is 12.2 Å². The molecule has 0 saturated carbocycles. The molecule has 0 heterocycles. The van der Waals surface area contributed by atoms with Gasteiger partial charge >= 0.3 is 11.9 Å². The Bertz CT molecular complexity index is 388. The minimum atomic E-state index is -1.39. The number of rotatable bonds is 8. The molecular formula is C13H21NO6. The average molecular weight is 287 g/mol. The van der Waals surface area contributed by atoms with Crippen LogP contribution < -0.4 is 0 Å². The maximum Gasteiger partial charge on any atom is 0.330 e. The van der Waals surface area contributed by atoms with Gasteiger partial charge in [0.15, 0.2) is 6.10 Å². The van der Waals surface area contributed by atoms with E-state index in [0.717, 1.165) is 0 Å². The van der Waals surface area contributed by atoms with Gasteiger partial charge in [0.1, 0.15) is 0 Å². The van der Waals surface area contributed by atoms with Gasteiger partial charge in [0.05, 0.1) is 6.61 Å². The fourth-order valence-electron chi connectivity index (χ4n) is 1.49. The van der Waals surface area contributed by atoms with Crippen molar-refractivity contribution in [1.29, 1.82) is 0 Å². The van der Waals surface area contributed by atoms with Crippen LogP contribution in [0.25, 0.3) is 0 Å². The van der Waals surface area contributed by atoms with Crippen LogP contribution in [0, 0.1) is 10.1 Å². The molecule has 0 aromatic carbocycles. The Morgan fingerprint density at radius 1 is 1.40 bits per heavy atom. The Morgan fingerprint density at radius 3 is 2.45 bits per heavy atom. The summed E-state index contributed by atoms with van der Waals surface area (Å²) in [5.74, 6) is -1.04. The molecule has 0 amide bonds. The fraction of sp³-hybridized carbons (Fsp3) is 0.692. The van der Waals surface area contributed by atoms with Crippen molar-refractivity contribution in [2.24, 2.45) is 0 Å². The van der Waals surface area contributed by atoms with E-state index in [9.17, 15) is 19.7 Å². The summed E-state index contributed by atoms with van der Waals surface area (Å²) in [4.78, 5) is 32.6. The summed E-state index contributed by atoms with van der Waals surface area (Å²) in [5.41, 5.74) is -1.39. The van der Waals surface area contributed by atoms with Crippen molar-refractivity contribution in [3.05, 3.63) is 22.3 Å². The topological polar surface area (TPSA) is 95.7 Å². The Labute approximate surface area is 118 Å². The summed E-state index contributed by atoms with van der Waals surface area (Å²) >= 11 is 0. The fourth-order valence-corrected chi connectivity index (χ4v) is 1.49. The van der Waals surface area contributed by atoms with Gasteiger partial charge in [0.2, 0.25) is 0 Å². The molecule has 20 heavy (non-hydrogen) atoms. The molecule has 0 saturated heterocycles.